The third kappa shape index (κ3) is 9.22. The Kier molecular flexibility index (Phi) is 10.2. The van der Waals surface area contributed by atoms with Gasteiger partial charge in [0.15, 0.2) is 0 Å². The maximum absolute atomic E-state index is 12.5. The van der Waals surface area contributed by atoms with Gasteiger partial charge in [0.25, 0.3) is 0 Å². The summed E-state index contributed by atoms with van der Waals surface area (Å²) in [6.07, 6.45) is -0.488. The minimum Gasteiger partial charge on any atom is -0.507 e. The number of rotatable bonds is 7. The van der Waals surface area contributed by atoms with Crippen LogP contribution >= 0.6 is 0 Å². The first-order valence-corrected chi connectivity index (χ1v) is 22.1. The zero-order valence-corrected chi connectivity index (χ0v) is 41.4. The Morgan fingerprint density at radius 1 is 0.561 bits per heavy atom. The van der Waals surface area contributed by atoms with Crippen LogP contribution in [0, 0.1) is 13.0 Å². The molecular formula is C61H58N3OPt-. The van der Waals surface area contributed by atoms with Crippen LogP contribution in [0.15, 0.2) is 164 Å². The SMILES string of the molecule is [2H]c1nc(-c2[c-]c(-c3cccc4c3nc(-c3cc(C(C)(C)C)cc(C(C)(C)C)c3O)n4-c3cc(C)cc(-c4ccccc4)c3)cc(-c3ccccc3)c2)c([2H])c(-c2c([2H])c([2H])c(C(C)(C)C)c([2H])c2[2H])c1[2H].[Pt]. The molecule has 0 unspecified atom stereocenters. The van der Waals surface area contributed by atoms with E-state index in [1.54, 1.807) is 0 Å². The van der Waals surface area contributed by atoms with E-state index in [0.29, 0.717) is 33.6 Å². The fourth-order valence-electron chi connectivity index (χ4n) is 8.28. The Balaban J connectivity index is 0.00000711. The Morgan fingerprint density at radius 2 is 1.18 bits per heavy atom. The molecule has 0 amide bonds. The number of benzene rings is 7. The number of nitrogens with zero attached hydrogens (tertiary/aromatic N) is 3. The molecule has 5 heteroatoms. The molecular weight excluding hydrogens is 986 g/mol. The van der Waals surface area contributed by atoms with Gasteiger partial charge in [0, 0.05) is 44.2 Å². The van der Waals surface area contributed by atoms with Crippen LogP contribution in [0.1, 0.15) is 94.2 Å². The molecule has 0 radical (unpaired) electrons. The second-order valence-corrected chi connectivity index (χ2v) is 20.0. The number of phenols is 1. The first kappa shape index (κ1) is 37.8. The van der Waals surface area contributed by atoms with Gasteiger partial charge >= 0.3 is 0 Å². The Bertz CT molecular complexity index is 3600. The summed E-state index contributed by atoms with van der Waals surface area (Å²) in [4.78, 5) is 10.1. The largest absolute Gasteiger partial charge is 0.507 e. The van der Waals surface area contributed by atoms with Crippen LogP contribution in [0.25, 0.3) is 83.9 Å². The third-order valence-electron chi connectivity index (χ3n) is 11.9. The zero-order chi connectivity index (χ0) is 51.9. The van der Waals surface area contributed by atoms with Crippen LogP contribution in [-0.4, -0.2) is 19.6 Å². The van der Waals surface area contributed by atoms with Crippen molar-refractivity contribution in [3.8, 4) is 78.6 Å². The predicted octanol–water partition coefficient (Wildman–Crippen LogP) is 16.1. The van der Waals surface area contributed by atoms with Gasteiger partial charge in [-0.25, -0.2) is 4.98 Å². The van der Waals surface area contributed by atoms with E-state index in [1.807, 2.05) is 99.6 Å². The summed E-state index contributed by atoms with van der Waals surface area (Å²) in [6, 6.07) is 41.8. The average molecular weight is 1050 g/mol. The van der Waals surface area contributed by atoms with Gasteiger partial charge in [-0.1, -0.05) is 194 Å². The van der Waals surface area contributed by atoms with Crippen LogP contribution < -0.4 is 0 Å². The molecule has 7 aromatic carbocycles. The molecule has 0 bridgehead atoms. The molecule has 1 N–H and O–H groups in total. The van der Waals surface area contributed by atoms with Crippen LogP contribution in [0.3, 0.4) is 0 Å². The Hall–Kier alpha value is -6.35. The van der Waals surface area contributed by atoms with Gasteiger partial charge < -0.3 is 5.11 Å². The first-order chi connectivity index (χ1) is 33.8. The fraction of sp³-hybridized carbons (Fsp3) is 0.213. The summed E-state index contributed by atoms with van der Waals surface area (Å²) >= 11 is 0. The molecule has 0 aliphatic rings. The minimum absolute atomic E-state index is 0. The molecule has 0 saturated carbocycles. The topological polar surface area (TPSA) is 50.9 Å². The summed E-state index contributed by atoms with van der Waals surface area (Å²) in [5.74, 6) is 0.686. The molecule has 0 atom stereocenters. The van der Waals surface area contributed by atoms with Crippen LogP contribution in [0.4, 0.5) is 0 Å². The molecule has 9 aromatic rings. The molecule has 0 fully saturated rings. The Morgan fingerprint density at radius 3 is 1.80 bits per heavy atom. The number of phenolic OH excluding ortho intramolecular Hbond substituents is 1. The second kappa shape index (κ2) is 17.8. The number of pyridine rings is 1. The second-order valence-electron chi connectivity index (χ2n) is 20.0. The van der Waals surface area contributed by atoms with E-state index in [-0.39, 0.29) is 72.7 Å². The van der Waals surface area contributed by atoms with E-state index >= 15 is 0 Å². The molecule has 0 aliphatic heterocycles. The van der Waals surface area contributed by atoms with Crippen LogP contribution in [-0.2, 0) is 37.3 Å². The first-order valence-electron chi connectivity index (χ1n) is 25.6. The van der Waals surface area contributed by atoms with Crippen molar-refractivity contribution in [3.63, 3.8) is 0 Å². The van der Waals surface area contributed by atoms with Gasteiger partial charge in [-0.2, -0.15) is 0 Å². The molecule has 0 spiro atoms. The molecule has 0 aliphatic carbocycles. The van der Waals surface area contributed by atoms with Crippen LogP contribution in [0.2, 0.25) is 0 Å². The monoisotopic (exact) mass is 1050 g/mol. The number of imidazole rings is 1. The standard InChI is InChI=1S/C61H58N3O.Pt/c1-39-30-44(40-18-13-11-14-19-40)35-50(31-39)64-55-23-17-22-51(56(55)63-58(64)52-37-49(60(5,6)7)38-53(57(52)65)61(8,9)10)46-32-45(41-20-15-12-16-21-41)33-47(34-46)54-36-43(28-29-62-54)42-24-26-48(27-25-42)59(2,3)4;/h11-33,35-38,65H,1-10H3;/q-1;/i24D,25D,26D,27D,28D,29D,36D;. The van der Waals surface area contributed by atoms with Gasteiger partial charge in [-0.3, -0.25) is 9.55 Å². The number of para-hydroxylation sites is 1. The van der Waals surface area contributed by atoms with E-state index in [0.717, 1.165) is 50.1 Å². The Labute approximate surface area is 415 Å². The van der Waals surface area contributed by atoms with E-state index in [9.17, 15) is 6.48 Å². The van der Waals surface area contributed by atoms with Crippen molar-refractivity contribution in [1.29, 1.82) is 0 Å². The summed E-state index contributed by atoms with van der Waals surface area (Å²) in [5, 5.41) is 12.5. The number of fused-ring (bicyclic) bond motifs is 1. The van der Waals surface area contributed by atoms with E-state index < -0.39 is 35.1 Å². The number of aryl methyl sites for hydroxylation is 1. The summed E-state index contributed by atoms with van der Waals surface area (Å²) in [6.45, 7) is 20.3. The van der Waals surface area contributed by atoms with Crippen molar-refractivity contribution in [3.05, 3.63) is 192 Å². The molecule has 9 rings (SSSR count). The van der Waals surface area contributed by atoms with Crippen molar-refractivity contribution in [2.45, 2.75) is 85.5 Å². The zero-order valence-electron chi connectivity index (χ0n) is 46.2. The van der Waals surface area contributed by atoms with E-state index in [2.05, 4.69) is 107 Å². The van der Waals surface area contributed by atoms with Gasteiger partial charge in [0.05, 0.1) is 26.2 Å². The maximum Gasteiger partial charge on any atom is 0.148 e. The summed E-state index contributed by atoms with van der Waals surface area (Å²) < 4.78 is 66.1. The quantitative estimate of drug-likeness (QED) is 0.162. The molecule has 2 aromatic heterocycles. The van der Waals surface area contributed by atoms with Crippen molar-refractivity contribution >= 4 is 11.0 Å². The van der Waals surface area contributed by atoms with Gasteiger partial charge in [0.2, 0.25) is 0 Å². The van der Waals surface area contributed by atoms with Gasteiger partial charge in [0.1, 0.15) is 11.6 Å². The number of hydrogen-bond acceptors (Lipinski definition) is 3. The number of hydrogen-bond donors (Lipinski definition) is 1. The van der Waals surface area contributed by atoms with Crippen molar-refractivity contribution in [2.75, 3.05) is 0 Å². The summed E-state index contributed by atoms with van der Waals surface area (Å²) in [5.41, 5.74) is 9.34. The van der Waals surface area contributed by atoms with E-state index in [4.69, 9.17) is 13.2 Å². The smallest absolute Gasteiger partial charge is 0.148 e. The normalized spacial score (nSPS) is 13.5. The third-order valence-corrected chi connectivity index (χ3v) is 11.9. The number of aromatic nitrogens is 3. The molecule has 66 heavy (non-hydrogen) atoms. The van der Waals surface area contributed by atoms with Crippen molar-refractivity contribution in [2.24, 2.45) is 0 Å². The maximum atomic E-state index is 12.5. The summed E-state index contributed by atoms with van der Waals surface area (Å²) in [7, 11) is 0. The van der Waals surface area contributed by atoms with Crippen molar-refractivity contribution in [1.82, 2.24) is 14.5 Å². The predicted molar refractivity (Wildman–Crippen MR) is 273 cm³/mol. The minimum atomic E-state index is -0.726. The van der Waals surface area contributed by atoms with Crippen molar-refractivity contribution < 1.29 is 35.8 Å². The van der Waals surface area contributed by atoms with E-state index in [1.165, 1.54) is 0 Å². The molecule has 334 valence electrons. The fourth-order valence-corrected chi connectivity index (χ4v) is 8.28. The molecule has 0 saturated heterocycles. The van der Waals surface area contributed by atoms with Gasteiger partial charge in [-0.15, -0.1) is 23.8 Å². The van der Waals surface area contributed by atoms with Crippen LogP contribution in [0.5, 0.6) is 5.75 Å². The number of aromatic hydroxyl groups is 1. The van der Waals surface area contributed by atoms with Gasteiger partial charge in [-0.05, 0) is 98.0 Å². The molecule has 2 heterocycles. The average Bonchev–Trinajstić information content (AvgIpc) is 3.72. The molecule has 4 nitrogen and oxygen atoms in total.